The number of methoxy groups -OCH3 is 1. The van der Waals surface area contributed by atoms with Gasteiger partial charge >= 0.3 is 0 Å². The molecule has 0 spiro atoms. The van der Waals surface area contributed by atoms with Crippen molar-refractivity contribution < 1.29 is 4.74 Å². The number of halogens is 1. The van der Waals surface area contributed by atoms with Crippen LogP contribution in [0.2, 0.25) is 0 Å². The van der Waals surface area contributed by atoms with Gasteiger partial charge in [-0.3, -0.25) is 9.67 Å². The molecule has 0 bridgehead atoms. The smallest absolute Gasteiger partial charge is 0.194 e. The Morgan fingerprint density at radius 1 is 1.25 bits per heavy atom. The lowest BCUT2D eigenvalue weighted by Crippen LogP contribution is -2.39. The minimum Gasteiger partial charge on any atom is -0.497 e. The second-order valence-corrected chi connectivity index (χ2v) is 6.83. The van der Waals surface area contributed by atoms with Crippen LogP contribution in [0.25, 0.3) is 0 Å². The Kier molecular flexibility index (Phi) is 10.3. The molecule has 8 heteroatoms. The first-order valence-corrected chi connectivity index (χ1v) is 9.22. The van der Waals surface area contributed by atoms with E-state index in [1.165, 1.54) is 11.1 Å². The lowest BCUT2D eigenvalue weighted by atomic mass is 10.1. The van der Waals surface area contributed by atoms with Crippen LogP contribution in [0.1, 0.15) is 24.1 Å². The number of ether oxygens (including phenoxy) is 1. The lowest BCUT2D eigenvalue weighted by molar-refractivity contribution is 0.305. The minimum atomic E-state index is 0. The van der Waals surface area contributed by atoms with Crippen LogP contribution in [0, 0.1) is 0 Å². The fourth-order valence-electron chi connectivity index (χ4n) is 2.90. The number of aryl methyl sites for hydroxylation is 1. The molecule has 1 heterocycles. The third-order valence-corrected chi connectivity index (χ3v) is 4.42. The standard InChI is InChI=1S/C20H32N6O.HI/c1-7-21-20(25(4)14-16-8-10-18(27-6)11-9-16)22-13-19(24(2)3)17-12-23-26(5)15-17;/h8-12,15,19H,7,13-14H2,1-6H3,(H,21,22);1H. The molecule has 0 fully saturated rings. The van der Waals surface area contributed by atoms with Crippen LogP contribution in [0.5, 0.6) is 5.75 Å². The maximum absolute atomic E-state index is 5.23. The molecule has 0 saturated carbocycles. The number of benzene rings is 1. The zero-order valence-corrected chi connectivity index (χ0v) is 20.0. The van der Waals surface area contributed by atoms with Crippen molar-refractivity contribution in [3.8, 4) is 5.75 Å². The van der Waals surface area contributed by atoms with Gasteiger partial charge in [-0.25, -0.2) is 0 Å². The molecule has 28 heavy (non-hydrogen) atoms. The molecule has 1 atom stereocenters. The summed E-state index contributed by atoms with van der Waals surface area (Å²) in [6.07, 6.45) is 3.96. The molecular formula is C20H33IN6O. The summed E-state index contributed by atoms with van der Waals surface area (Å²) < 4.78 is 7.06. The fourth-order valence-corrected chi connectivity index (χ4v) is 2.90. The minimum absolute atomic E-state index is 0. The van der Waals surface area contributed by atoms with Gasteiger partial charge in [0.05, 0.1) is 25.9 Å². The Hall–Kier alpha value is -1.81. The number of nitrogens with zero attached hydrogens (tertiary/aromatic N) is 5. The van der Waals surface area contributed by atoms with Crippen LogP contribution in [0.4, 0.5) is 0 Å². The van der Waals surface area contributed by atoms with Gasteiger partial charge < -0.3 is 19.9 Å². The molecule has 2 aromatic rings. The number of hydrogen-bond donors (Lipinski definition) is 1. The Morgan fingerprint density at radius 2 is 1.93 bits per heavy atom. The van der Waals surface area contributed by atoms with Crippen molar-refractivity contribution >= 4 is 29.9 Å². The summed E-state index contributed by atoms with van der Waals surface area (Å²) in [7, 11) is 9.81. The van der Waals surface area contributed by atoms with Gasteiger partial charge in [-0.2, -0.15) is 5.10 Å². The summed E-state index contributed by atoms with van der Waals surface area (Å²) in [5, 5.41) is 7.68. The fraction of sp³-hybridized carbons (Fsp3) is 0.500. The van der Waals surface area contributed by atoms with Gasteiger partial charge in [0.25, 0.3) is 0 Å². The average molecular weight is 500 g/mol. The molecular weight excluding hydrogens is 467 g/mol. The molecule has 1 unspecified atom stereocenters. The quantitative estimate of drug-likeness (QED) is 0.343. The van der Waals surface area contributed by atoms with Gasteiger partial charge in [0.15, 0.2) is 5.96 Å². The van der Waals surface area contributed by atoms with E-state index in [9.17, 15) is 0 Å². The van der Waals surface area contributed by atoms with E-state index in [1.807, 2.05) is 36.3 Å². The molecule has 0 aliphatic rings. The maximum Gasteiger partial charge on any atom is 0.194 e. The maximum atomic E-state index is 5.23. The molecule has 1 aromatic heterocycles. The predicted octanol–water partition coefficient (Wildman–Crippen LogP) is 2.75. The molecule has 1 aromatic carbocycles. The molecule has 0 saturated heterocycles. The van der Waals surface area contributed by atoms with E-state index >= 15 is 0 Å². The molecule has 0 aliphatic heterocycles. The zero-order valence-electron chi connectivity index (χ0n) is 17.7. The van der Waals surface area contributed by atoms with Crippen molar-refractivity contribution in [1.82, 2.24) is 24.9 Å². The third kappa shape index (κ3) is 6.97. The van der Waals surface area contributed by atoms with E-state index in [0.717, 1.165) is 24.8 Å². The van der Waals surface area contributed by atoms with Crippen LogP contribution >= 0.6 is 24.0 Å². The van der Waals surface area contributed by atoms with Gasteiger partial charge in [0, 0.05) is 38.9 Å². The van der Waals surface area contributed by atoms with Gasteiger partial charge in [-0.05, 0) is 38.7 Å². The van der Waals surface area contributed by atoms with Crippen molar-refractivity contribution in [2.45, 2.75) is 19.5 Å². The van der Waals surface area contributed by atoms with E-state index in [2.05, 4.69) is 60.4 Å². The van der Waals surface area contributed by atoms with Crippen LogP contribution in [-0.4, -0.2) is 66.9 Å². The highest BCUT2D eigenvalue weighted by molar-refractivity contribution is 14.0. The predicted molar refractivity (Wildman–Crippen MR) is 125 cm³/mol. The molecule has 2 rings (SSSR count). The van der Waals surface area contributed by atoms with Crippen LogP contribution in [0.3, 0.4) is 0 Å². The van der Waals surface area contributed by atoms with Gasteiger partial charge in [0.2, 0.25) is 0 Å². The van der Waals surface area contributed by atoms with Crippen molar-refractivity contribution in [2.75, 3.05) is 41.3 Å². The number of guanidine groups is 1. The molecule has 0 amide bonds. The number of likely N-dealkylation sites (N-methyl/N-ethyl adjacent to an activating group) is 1. The summed E-state index contributed by atoms with van der Waals surface area (Å²) in [6.45, 7) is 4.34. The second-order valence-electron chi connectivity index (χ2n) is 6.83. The summed E-state index contributed by atoms with van der Waals surface area (Å²) in [5.41, 5.74) is 2.38. The normalized spacial score (nSPS) is 12.5. The van der Waals surface area contributed by atoms with Crippen LogP contribution in [0.15, 0.2) is 41.7 Å². The zero-order chi connectivity index (χ0) is 19.8. The number of hydrogen-bond acceptors (Lipinski definition) is 4. The summed E-state index contributed by atoms with van der Waals surface area (Å²) in [5.74, 6) is 1.76. The number of aliphatic imine (C=N–C) groups is 1. The summed E-state index contributed by atoms with van der Waals surface area (Å²) >= 11 is 0. The number of aromatic nitrogens is 2. The second kappa shape index (κ2) is 11.9. The first-order chi connectivity index (χ1) is 12.9. The highest BCUT2D eigenvalue weighted by atomic mass is 127. The Morgan fingerprint density at radius 3 is 2.43 bits per heavy atom. The highest BCUT2D eigenvalue weighted by Crippen LogP contribution is 2.18. The van der Waals surface area contributed by atoms with Crippen molar-refractivity contribution in [3.63, 3.8) is 0 Å². The van der Waals surface area contributed by atoms with E-state index in [-0.39, 0.29) is 30.0 Å². The number of nitrogens with one attached hydrogen (secondary N) is 1. The van der Waals surface area contributed by atoms with Gasteiger partial charge in [0.1, 0.15) is 5.75 Å². The summed E-state index contributed by atoms with van der Waals surface area (Å²) in [6, 6.07) is 8.31. The molecule has 0 aliphatic carbocycles. The first-order valence-electron chi connectivity index (χ1n) is 9.22. The topological polar surface area (TPSA) is 57.9 Å². The van der Waals surface area contributed by atoms with Gasteiger partial charge in [-0.15, -0.1) is 24.0 Å². The van der Waals surface area contributed by atoms with E-state index < -0.39 is 0 Å². The largest absolute Gasteiger partial charge is 0.497 e. The molecule has 0 radical (unpaired) electrons. The lowest BCUT2D eigenvalue weighted by Gasteiger charge is -2.25. The van der Waals surface area contributed by atoms with E-state index in [0.29, 0.717) is 6.54 Å². The molecule has 7 nitrogen and oxygen atoms in total. The van der Waals surface area contributed by atoms with Crippen LogP contribution < -0.4 is 10.1 Å². The van der Waals surface area contributed by atoms with Gasteiger partial charge in [-0.1, -0.05) is 12.1 Å². The average Bonchev–Trinajstić information content (AvgIpc) is 3.07. The van der Waals surface area contributed by atoms with E-state index in [4.69, 9.17) is 9.73 Å². The Bertz CT molecular complexity index is 729. The number of rotatable bonds is 8. The van der Waals surface area contributed by atoms with E-state index in [1.54, 1.807) is 7.11 Å². The molecule has 156 valence electrons. The highest BCUT2D eigenvalue weighted by Gasteiger charge is 2.16. The van der Waals surface area contributed by atoms with Crippen molar-refractivity contribution in [1.29, 1.82) is 0 Å². The third-order valence-electron chi connectivity index (χ3n) is 4.42. The monoisotopic (exact) mass is 500 g/mol. The molecule has 1 N–H and O–H groups in total. The first kappa shape index (κ1) is 24.2. The van der Waals surface area contributed by atoms with Crippen LogP contribution in [-0.2, 0) is 13.6 Å². The SMILES string of the molecule is CCNC(=NCC(c1cnn(C)c1)N(C)C)N(C)Cc1ccc(OC)cc1.I. The Labute approximate surface area is 185 Å². The summed E-state index contributed by atoms with van der Waals surface area (Å²) in [4.78, 5) is 9.19. The van der Waals surface area contributed by atoms with Crippen molar-refractivity contribution in [2.24, 2.45) is 12.0 Å². The Balaban J connectivity index is 0.00000392. The van der Waals surface area contributed by atoms with Crippen molar-refractivity contribution in [3.05, 3.63) is 47.8 Å².